The van der Waals surface area contributed by atoms with Gasteiger partial charge in [0.1, 0.15) is 11.3 Å². The molecular weight excluding hydrogens is 212 g/mol. The number of nitrogens with zero attached hydrogens (tertiary/aromatic N) is 3. The Kier molecular flexibility index (Phi) is 2.23. The molecule has 2 aromatic rings. The Balaban J connectivity index is 2.13. The zero-order chi connectivity index (χ0) is 12.0. The van der Waals surface area contributed by atoms with Crippen molar-refractivity contribution in [2.75, 3.05) is 0 Å². The van der Waals surface area contributed by atoms with E-state index in [2.05, 4.69) is 14.5 Å². The second-order valence-corrected chi connectivity index (χ2v) is 5.64. The zero-order valence-electron chi connectivity index (χ0n) is 10.3. The van der Waals surface area contributed by atoms with E-state index in [4.69, 9.17) is 5.73 Å². The Morgan fingerprint density at radius 2 is 2.24 bits per heavy atom. The van der Waals surface area contributed by atoms with Gasteiger partial charge in [0, 0.05) is 24.2 Å². The molecule has 4 heteroatoms. The molecule has 0 unspecified atom stereocenters. The van der Waals surface area contributed by atoms with Gasteiger partial charge in [0.25, 0.3) is 0 Å². The van der Waals surface area contributed by atoms with Crippen molar-refractivity contribution in [1.82, 2.24) is 14.5 Å². The van der Waals surface area contributed by atoms with Gasteiger partial charge in [-0.05, 0) is 38.8 Å². The lowest BCUT2D eigenvalue weighted by atomic mass is 10.0. The van der Waals surface area contributed by atoms with Crippen molar-refractivity contribution in [3.63, 3.8) is 0 Å². The number of pyridine rings is 1. The zero-order valence-corrected chi connectivity index (χ0v) is 10.3. The summed E-state index contributed by atoms with van der Waals surface area (Å²) >= 11 is 0. The third kappa shape index (κ3) is 2.05. The van der Waals surface area contributed by atoms with Gasteiger partial charge in [0.15, 0.2) is 5.65 Å². The highest BCUT2D eigenvalue weighted by Gasteiger charge is 2.30. The van der Waals surface area contributed by atoms with Crippen LogP contribution in [0.5, 0.6) is 0 Å². The van der Waals surface area contributed by atoms with Crippen LogP contribution in [0, 0.1) is 0 Å². The van der Waals surface area contributed by atoms with Crippen LogP contribution in [0.15, 0.2) is 18.3 Å². The van der Waals surface area contributed by atoms with E-state index in [9.17, 15) is 0 Å². The summed E-state index contributed by atoms with van der Waals surface area (Å²) in [5, 5.41) is 0. The molecular formula is C13H18N4. The van der Waals surface area contributed by atoms with E-state index in [1.165, 1.54) is 12.8 Å². The number of aromatic nitrogens is 3. The molecule has 0 aliphatic heterocycles. The number of rotatable bonds is 3. The van der Waals surface area contributed by atoms with E-state index < -0.39 is 0 Å². The lowest BCUT2D eigenvalue weighted by molar-refractivity contribution is 0.488. The van der Waals surface area contributed by atoms with Crippen molar-refractivity contribution in [3.8, 4) is 0 Å². The van der Waals surface area contributed by atoms with Crippen molar-refractivity contribution in [3.05, 3.63) is 24.2 Å². The van der Waals surface area contributed by atoms with E-state index in [0.29, 0.717) is 6.04 Å². The van der Waals surface area contributed by atoms with Crippen molar-refractivity contribution >= 4 is 11.2 Å². The molecule has 0 atom stereocenters. The van der Waals surface area contributed by atoms with Gasteiger partial charge < -0.3 is 10.3 Å². The van der Waals surface area contributed by atoms with E-state index in [0.717, 1.165) is 23.4 Å². The summed E-state index contributed by atoms with van der Waals surface area (Å²) in [5.41, 5.74) is 7.87. The topological polar surface area (TPSA) is 56.7 Å². The molecule has 1 fully saturated rings. The number of imidazole rings is 1. The van der Waals surface area contributed by atoms with Gasteiger partial charge in [-0.15, -0.1) is 0 Å². The Labute approximate surface area is 101 Å². The maximum Gasteiger partial charge on any atom is 0.160 e. The molecule has 0 saturated heterocycles. The smallest absolute Gasteiger partial charge is 0.160 e. The predicted molar refractivity (Wildman–Crippen MR) is 67.8 cm³/mol. The molecule has 2 heterocycles. The molecule has 0 amide bonds. The van der Waals surface area contributed by atoms with Crippen molar-refractivity contribution in [1.29, 1.82) is 0 Å². The fourth-order valence-electron chi connectivity index (χ4n) is 2.23. The van der Waals surface area contributed by atoms with E-state index in [1.54, 1.807) is 0 Å². The van der Waals surface area contributed by atoms with Crippen LogP contribution in [0.25, 0.3) is 11.2 Å². The second-order valence-electron chi connectivity index (χ2n) is 5.64. The summed E-state index contributed by atoms with van der Waals surface area (Å²) in [6, 6.07) is 4.55. The van der Waals surface area contributed by atoms with Crippen LogP contribution in [-0.2, 0) is 6.42 Å². The maximum absolute atomic E-state index is 6.11. The predicted octanol–water partition coefficient (Wildman–Crippen LogP) is 2.05. The number of hydrogen-bond donors (Lipinski definition) is 1. The van der Waals surface area contributed by atoms with Crippen LogP contribution in [0.1, 0.15) is 38.6 Å². The second kappa shape index (κ2) is 3.53. The fraction of sp³-hybridized carbons (Fsp3) is 0.538. The molecule has 3 rings (SSSR count). The Bertz CT molecular complexity index is 546. The quantitative estimate of drug-likeness (QED) is 0.878. The summed E-state index contributed by atoms with van der Waals surface area (Å²) in [4.78, 5) is 9.13. The molecule has 0 aromatic carbocycles. The molecule has 0 radical (unpaired) electrons. The molecule has 90 valence electrons. The van der Waals surface area contributed by atoms with Crippen molar-refractivity contribution < 1.29 is 0 Å². The fourth-order valence-corrected chi connectivity index (χ4v) is 2.23. The van der Waals surface area contributed by atoms with E-state index in [1.807, 2.05) is 32.2 Å². The Hall–Kier alpha value is -1.42. The summed E-state index contributed by atoms with van der Waals surface area (Å²) in [6.07, 6.45) is 5.10. The summed E-state index contributed by atoms with van der Waals surface area (Å²) in [7, 11) is 0. The molecule has 4 nitrogen and oxygen atoms in total. The van der Waals surface area contributed by atoms with Gasteiger partial charge in [-0.2, -0.15) is 0 Å². The highest BCUT2D eigenvalue weighted by atomic mass is 15.2. The normalized spacial score (nSPS) is 16.6. The summed E-state index contributed by atoms with van der Waals surface area (Å²) in [5.74, 6) is 1.08. The minimum Gasteiger partial charge on any atom is -0.325 e. The maximum atomic E-state index is 6.11. The van der Waals surface area contributed by atoms with Crippen molar-refractivity contribution in [2.24, 2.45) is 5.73 Å². The first kappa shape index (κ1) is 10.7. The molecule has 2 N–H and O–H groups in total. The third-order valence-corrected chi connectivity index (χ3v) is 3.05. The summed E-state index contributed by atoms with van der Waals surface area (Å²) < 4.78 is 2.28. The number of nitrogens with two attached hydrogens (primary N) is 1. The van der Waals surface area contributed by atoms with Gasteiger partial charge in [-0.25, -0.2) is 9.97 Å². The molecule has 0 bridgehead atoms. The number of hydrogen-bond acceptors (Lipinski definition) is 3. The lowest BCUT2D eigenvalue weighted by Crippen LogP contribution is -2.35. The highest BCUT2D eigenvalue weighted by molar-refractivity contribution is 5.71. The van der Waals surface area contributed by atoms with Crippen LogP contribution >= 0.6 is 0 Å². The molecule has 1 aliphatic rings. The van der Waals surface area contributed by atoms with Gasteiger partial charge in [-0.3, -0.25) is 0 Å². The van der Waals surface area contributed by atoms with Gasteiger partial charge in [0.2, 0.25) is 0 Å². The van der Waals surface area contributed by atoms with Crippen molar-refractivity contribution in [2.45, 2.75) is 44.7 Å². The standard InChI is InChI=1S/C13H18N4/c1-13(2,14)8-11-16-10-4-3-7-15-12(10)17(11)9-5-6-9/h3-4,7,9H,5-6,8,14H2,1-2H3. The lowest BCUT2D eigenvalue weighted by Gasteiger charge is -2.18. The minimum atomic E-state index is -0.228. The van der Waals surface area contributed by atoms with E-state index in [-0.39, 0.29) is 5.54 Å². The van der Waals surface area contributed by atoms with Crippen LogP contribution < -0.4 is 5.73 Å². The molecule has 1 aliphatic carbocycles. The SMILES string of the molecule is CC(C)(N)Cc1nc2cccnc2n1C1CC1. The molecule has 0 spiro atoms. The van der Waals surface area contributed by atoms with Gasteiger partial charge >= 0.3 is 0 Å². The van der Waals surface area contributed by atoms with Crippen LogP contribution in [-0.4, -0.2) is 20.1 Å². The van der Waals surface area contributed by atoms with Gasteiger partial charge in [-0.1, -0.05) is 0 Å². The van der Waals surface area contributed by atoms with Crippen LogP contribution in [0.3, 0.4) is 0 Å². The Morgan fingerprint density at radius 1 is 1.47 bits per heavy atom. The first-order chi connectivity index (χ1) is 8.04. The summed E-state index contributed by atoms with van der Waals surface area (Å²) in [6.45, 7) is 4.08. The monoisotopic (exact) mass is 230 g/mol. The third-order valence-electron chi connectivity index (χ3n) is 3.05. The van der Waals surface area contributed by atoms with E-state index >= 15 is 0 Å². The molecule has 1 saturated carbocycles. The molecule has 2 aromatic heterocycles. The molecule has 17 heavy (non-hydrogen) atoms. The Morgan fingerprint density at radius 3 is 2.88 bits per heavy atom. The first-order valence-electron chi connectivity index (χ1n) is 6.15. The largest absolute Gasteiger partial charge is 0.325 e. The average molecular weight is 230 g/mol. The average Bonchev–Trinajstić information content (AvgIpc) is 2.98. The van der Waals surface area contributed by atoms with Crippen LogP contribution in [0.4, 0.5) is 0 Å². The highest BCUT2D eigenvalue weighted by Crippen LogP contribution is 2.38. The van der Waals surface area contributed by atoms with Gasteiger partial charge in [0.05, 0.1) is 0 Å². The van der Waals surface area contributed by atoms with Crippen LogP contribution in [0.2, 0.25) is 0 Å². The number of fused-ring (bicyclic) bond motifs is 1. The first-order valence-corrected chi connectivity index (χ1v) is 6.15. The minimum absolute atomic E-state index is 0.228.